The maximum atomic E-state index is 3.68. The average Bonchev–Trinajstić information content (AvgIpc) is 2.72. The van der Waals surface area contributed by atoms with Gasteiger partial charge in [0.1, 0.15) is 0 Å². The predicted octanol–water partition coefficient (Wildman–Crippen LogP) is 6.57. The molecule has 3 aromatic carbocycles. The highest BCUT2D eigenvalue weighted by Crippen LogP contribution is 2.26. The van der Waals surface area contributed by atoms with Gasteiger partial charge in [0.15, 0.2) is 0 Å². The van der Waals surface area contributed by atoms with Crippen molar-refractivity contribution in [3.8, 4) is 11.1 Å². The molecule has 0 spiro atoms. The SMILES string of the molecule is Brc1ccccc1CN1CCC(Cc2ccc(-c3ccccc3)cc2)CC1. The second kappa shape index (κ2) is 8.86. The lowest BCUT2D eigenvalue weighted by Crippen LogP contribution is -2.33. The molecule has 1 fully saturated rings. The Hall–Kier alpha value is -1.90. The first-order chi connectivity index (χ1) is 13.3. The lowest BCUT2D eigenvalue weighted by molar-refractivity contribution is 0.177. The molecule has 3 aromatic rings. The van der Waals surface area contributed by atoms with E-state index in [1.165, 1.54) is 59.1 Å². The van der Waals surface area contributed by atoms with Crippen molar-refractivity contribution in [2.24, 2.45) is 5.92 Å². The van der Waals surface area contributed by atoms with Crippen LogP contribution in [0.5, 0.6) is 0 Å². The summed E-state index contributed by atoms with van der Waals surface area (Å²) in [6, 6.07) is 28.4. The first-order valence-electron chi connectivity index (χ1n) is 9.88. The number of likely N-dealkylation sites (tertiary alicyclic amines) is 1. The monoisotopic (exact) mass is 419 g/mol. The van der Waals surface area contributed by atoms with E-state index in [1.54, 1.807) is 0 Å². The van der Waals surface area contributed by atoms with Gasteiger partial charge in [0.05, 0.1) is 0 Å². The number of hydrogen-bond acceptors (Lipinski definition) is 1. The molecule has 27 heavy (non-hydrogen) atoms. The molecule has 1 heterocycles. The maximum Gasteiger partial charge on any atom is 0.0244 e. The van der Waals surface area contributed by atoms with Gasteiger partial charge in [0.25, 0.3) is 0 Å². The summed E-state index contributed by atoms with van der Waals surface area (Å²) in [5.74, 6) is 0.808. The van der Waals surface area contributed by atoms with Crippen molar-refractivity contribution in [3.63, 3.8) is 0 Å². The van der Waals surface area contributed by atoms with Gasteiger partial charge < -0.3 is 0 Å². The molecule has 0 bridgehead atoms. The molecule has 4 rings (SSSR count). The Morgan fingerprint density at radius 2 is 1.37 bits per heavy atom. The summed E-state index contributed by atoms with van der Waals surface area (Å²) in [5, 5.41) is 0. The zero-order valence-electron chi connectivity index (χ0n) is 15.7. The van der Waals surface area contributed by atoms with Crippen LogP contribution in [0.4, 0.5) is 0 Å². The second-order valence-corrected chi connectivity index (χ2v) is 8.43. The molecule has 138 valence electrons. The number of halogens is 1. The van der Waals surface area contributed by atoms with Crippen molar-refractivity contribution < 1.29 is 0 Å². The van der Waals surface area contributed by atoms with E-state index in [1.807, 2.05) is 0 Å². The Bertz CT molecular complexity index is 849. The topological polar surface area (TPSA) is 3.24 Å². The minimum atomic E-state index is 0.808. The fourth-order valence-electron chi connectivity index (χ4n) is 4.01. The molecule has 2 heteroatoms. The molecule has 0 atom stereocenters. The van der Waals surface area contributed by atoms with Crippen molar-refractivity contribution in [2.75, 3.05) is 13.1 Å². The molecule has 0 unspecified atom stereocenters. The second-order valence-electron chi connectivity index (χ2n) is 7.58. The van der Waals surface area contributed by atoms with E-state index in [4.69, 9.17) is 0 Å². The Balaban J connectivity index is 1.30. The third-order valence-electron chi connectivity index (χ3n) is 5.64. The van der Waals surface area contributed by atoms with Gasteiger partial charge in [-0.05, 0) is 66.6 Å². The lowest BCUT2D eigenvalue weighted by atomic mass is 9.89. The average molecular weight is 420 g/mol. The van der Waals surface area contributed by atoms with Crippen LogP contribution in [0.2, 0.25) is 0 Å². The van der Waals surface area contributed by atoms with Crippen molar-refractivity contribution in [1.29, 1.82) is 0 Å². The summed E-state index contributed by atoms with van der Waals surface area (Å²) >= 11 is 3.68. The van der Waals surface area contributed by atoms with Gasteiger partial charge in [-0.15, -0.1) is 0 Å². The molecule has 0 saturated carbocycles. The van der Waals surface area contributed by atoms with Crippen LogP contribution in [0, 0.1) is 5.92 Å². The molecule has 0 radical (unpaired) electrons. The molecule has 0 aromatic heterocycles. The molecule has 1 aliphatic rings. The molecular formula is C25H26BrN. The van der Waals surface area contributed by atoms with Gasteiger partial charge in [-0.25, -0.2) is 0 Å². The van der Waals surface area contributed by atoms with Crippen molar-refractivity contribution in [1.82, 2.24) is 4.90 Å². The van der Waals surface area contributed by atoms with E-state index in [0.29, 0.717) is 0 Å². The highest BCUT2D eigenvalue weighted by atomic mass is 79.9. The predicted molar refractivity (Wildman–Crippen MR) is 118 cm³/mol. The van der Waals surface area contributed by atoms with Crippen molar-refractivity contribution >= 4 is 15.9 Å². The van der Waals surface area contributed by atoms with Crippen LogP contribution in [0.15, 0.2) is 83.3 Å². The largest absolute Gasteiger partial charge is 0.299 e. The van der Waals surface area contributed by atoms with Crippen LogP contribution in [0.1, 0.15) is 24.0 Å². The molecule has 1 saturated heterocycles. The zero-order valence-corrected chi connectivity index (χ0v) is 17.2. The number of benzene rings is 3. The van der Waals surface area contributed by atoms with Crippen molar-refractivity contribution in [3.05, 3.63) is 94.5 Å². The van der Waals surface area contributed by atoms with Gasteiger partial charge in [0, 0.05) is 11.0 Å². The summed E-state index contributed by atoms with van der Waals surface area (Å²) in [7, 11) is 0. The van der Waals surface area contributed by atoms with Gasteiger partial charge in [-0.2, -0.15) is 0 Å². The Morgan fingerprint density at radius 3 is 2.07 bits per heavy atom. The summed E-state index contributed by atoms with van der Waals surface area (Å²) in [4.78, 5) is 2.59. The molecule has 0 aliphatic carbocycles. The van der Waals surface area contributed by atoms with Crippen LogP contribution >= 0.6 is 15.9 Å². The summed E-state index contributed by atoms with van der Waals surface area (Å²) < 4.78 is 1.23. The van der Waals surface area contributed by atoms with Gasteiger partial charge >= 0.3 is 0 Å². The standard InChI is InChI=1S/C25H26BrN/c26-25-9-5-4-8-24(25)19-27-16-14-21(15-17-27)18-20-10-12-23(13-11-20)22-6-2-1-3-7-22/h1-13,21H,14-19H2. The first-order valence-corrected chi connectivity index (χ1v) is 10.7. The minimum Gasteiger partial charge on any atom is -0.299 e. The third kappa shape index (κ3) is 4.88. The Kier molecular flexibility index (Phi) is 6.06. The summed E-state index contributed by atoms with van der Waals surface area (Å²) in [6.07, 6.45) is 3.80. The van der Waals surface area contributed by atoms with E-state index < -0.39 is 0 Å². The van der Waals surface area contributed by atoms with E-state index in [9.17, 15) is 0 Å². The van der Waals surface area contributed by atoms with E-state index in [2.05, 4.69) is 99.7 Å². The fraction of sp³-hybridized carbons (Fsp3) is 0.280. The van der Waals surface area contributed by atoms with Crippen LogP contribution in [0.3, 0.4) is 0 Å². The molecular weight excluding hydrogens is 394 g/mol. The number of piperidine rings is 1. The molecule has 1 nitrogen and oxygen atoms in total. The Labute approximate surface area is 171 Å². The van der Waals surface area contributed by atoms with Crippen LogP contribution in [-0.4, -0.2) is 18.0 Å². The van der Waals surface area contributed by atoms with Gasteiger partial charge in [-0.3, -0.25) is 4.90 Å². The zero-order chi connectivity index (χ0) is 18.5. The van der Waals surface area contributed by atoms with Gasteiger partial charge in [0.2, 0.25) is 0 Å². The lowest BCUT2D eigenvalue weighted by Gasteiger charge is -2.32. The smallest absolute Gasteiger partial charge is 0.0244 e. The fourth-order valence-corrected chi connectivity index (χ4v) is 4.42. The molecule has 0 N–H and O–H groups in total. The highest BCUT2D eigenvalue weighted by Gasteiger charge is 2.20. The van der Waals surface area contributed by atoms with Crippen molar-refractivity contribution in [2.45, 2.75) is 25.8 Å². The number of hydrogen-bond donors (Lipinski definition) is 0. The molecule has 1 aliphatic heterocycles. The van der Waals surface area contributed by atoms with E-state index in [0.717, 1.165) is 12.5 Å². The Morgan fingerprint density at radius 1 is 0.741 bits per heavy atom. The quantitative estimate of drug-likeness (QED) is 0.451. The third-order valence-corrected chi connectivity index (χ3v) is 6.42. The maximum absolute atomic E-state index is 3.68. The van der Waals surface area contributed by atoms with Gasteiger partial charge in [-0.1, -0.05) is 88.7 Å². The number of rotatable bonds is 5. The molecule has 0 amide bonds. The van der Waals surface area contributed by atoms with E-state index in [-0.39, 0.29) is 0 Å². The minimum absolute atomic E-state index is 0.808. The first kappa shape index (κ1) is 18.5. The summed E-state index contributed by atoms with van der Waals surface area (Å²) in [5.41, 5.74) is 5.47. The van der Waals surface area contributed by atoms with E-state index >= 15 is 0 Å². The summed E-state index contributed by atoms with van der Waals surface area (Å²) in [6.45, 7) is 3.46. The normalized spacial score (nSPS) is 15.7. The number of nitrogens with zero attached hydrogens (tertiary/aromatic N) is 1. The highest BCUT2D eigenvalue weighted by molar-refractivity contribution is 9.10. The van der Waals surface area contributed by atoms with Crippen LogP contribution in [-0.2, 0) is 13.0 Å². The van der Waals surface area contributed by atoms with Crippen LogP contribution < -0.4 is 0 Å². The van der Waals surface area contributed by atoms with Crippen LogP contribution in [0.25, 0.3) is 11.1 Å².